The molecule has 0 fully saturated rings. The zero-order valence-electron chi connectivity index (χ0n) is 27.1. The van der Waals surface area contributed by atoms with Gasteiger partial charge in [0.2, 0.25) is 0 Å². The molecule has 0 spiro atoms. The molecule has 0 aromatic heterocycles. The predicted molar refractivity (Wildman–Crippen MR) is 181 cm³/mol. The lowest BCUT2D eigenvalue weighted by molar-refractivity contribution is 0.203. The fourth-order valence-electron chi connectivity index (χ4n) is 5.51. The maximum atomic E-state index is 3.91. The van der Waals surface area contributed by atoms with Gasteiger partial charge in [0.05, 0.1) is 0 Å². The summed E-state index contributed by atoms with van der Waals surface area (Å²) in [5.74, 6) is 0. The summed E-state index contributed by atoms with van der Waals surface area (Å²) < 4.78 is 0. The Morgan fingerprint density at radius 3 is 1.05 bits per heavy atom. The van der Waals surface area contributed by atoms with Crippen LogP contribution in [0, 0.1) is 0 Å². The maximum absolute atomic E-state index is 3.91. The van der Waals surface area contributed by atoms with Crippen LogP contribution >= 0.6 is 0 Å². The van der Waals surface area contributed by atoms with Crippen molar-refractivity contribution in [2.45, 2.75) is 183 Å². The highest BCUT2D eigenvalue weighted by atomic mass is 15.2. The second-order valence-electron chi connectivity index (χ2n) is 12.1. The van der Waals surface area contributed by atoms with Gasteiger partial charge in [-0.15, -0.1) is 5.73 Å². The molecular weight excluding hydrogens is 472 g/mol. The van der Waals surface area contributed by atoms with Gasteiger partial charge in [0.1, 0.15) is 0 Å². The Kier molecular flexibility index (Phi) is 35.0. The van der Waals surface area contributed by atoms with Crippen LogP contribution in [0.15, 0.2) is 17.9 Å². The van der Waals surface area contributed by atoms with Crippen molar-refractivity contribution in [1.29, 1.82) is 0 Å². The lowest BCUT2D eigenvalue weighted by atomic mass is 10.1. The number of unbranched alkanes of at least 4 members (excludes halogenated alkanes) is 20. The molecule has 0 atom stereocenters. The van der Waals surface area contributed by atoms with Gasteiger partial charge in [-0.2, -0.15) is 0 Å². The van der Waals surface area contributed by atoms with E-state index in [0.717, 1.165) is 6.54 Å². The Hall–Kier alpha value is -0.560. The van der Waals surface area contributed by atoms with Gasteiger partial charge >= 0.3 is 0 Å². The van der Waals surface area contributed by atoms with Crippen LogP contribution in [0.3, 0.4) is 0 Å². The molecule has 0 aliphatic carbocycles. The van der Waals surface area contributed by atoms with Crippen LogP contribution in [0.4, 0.5) is 0 Å². The highest BCUT2D eigenvalue weighted by Crippen LogP contribution is 2.13. The molecule has 0 aromatic carbocycles. The van der Waals surface area contributed by atoms with Crippen LogP contribution < -0.4 is 0 Å². The van der Waals surface area contributed by atoms with Gasteiger partial charge in [-0.1, -0.05) is 163 Å². The molecular formula is C37H76N2. The number of hydrogen-bond acceptors (Lipinski definition) is 2. The molecule has 39 heavy (non-hydrogen) atoms. The highest BCUT2D eigenvalue weighted by molar-refractivity contribution is 4.97. The van der Waals surface area contributed by atoms with Gasteiger partial charge in [-0.05, 0) is 51.4 Å². The van der Waals surface area contributed by atoms with Gasteiger partial charge in [-0.3, -0.25) is 4.90 Å². The molecule has 0 bridgehead atoms. The average molecular weight is 549 g/mol. The third-order valence-corrected chi connectivity index (χ3v) is 8.23. The van der Waals surface area contributed by atoms with Gasteiger partial charge < -0.3 is 4.90 Å². The van der Waals surface area contributed by atoms with Crippen LogP contribution in [0.5, 0.6) is 0 Å². The molecule has 0 aromatic rings. The van der Waals surface area contributed by atoms with Crippen molar-refractivity contribution < 1.29 is 0 Å². The lowest BCUT2D eigenvalue weighted by Gasteiger charge is -2.28. The minimum atomic E-state index is 0. The van der Waals surface area contributed by atoms with Crippen molar-refractivity contribution in [3.63, 3.8) is 0 Å². The first-order chi connectivity index (χ1) is 18.7. The molecule has 0 aliphatic rings. The molecule has 0 radical (unpaired) electrons. The van der Waals surface area contributed by atoms with Crippen LogP contribution in [0.1, 0.15) is 183 Å². The van der Waals surface area contributed by atoms with E-state index in [1.807, 2.05) is 0 Å². The first-order valence-corrected chi connectivity index (χ1v) is 17.5. The first kappa shape index (κ1) is 40.6. The van der Waals surface area contributed by atoms with E-state index >= 15 is 0 Å². The molecule has 0 heterocycles. The summed E-state index contributed by atoms with van der Waals surface area (Å²) >= 11 is 0. The zero-order chi connectivity index (χ0) is 27.9. The molecule has 0 unspecified atom stereocenters. The second kappa shape index (κ2) is 33.6. The molecule has 2 nitrogen and oxygen atoms in total. The van der Waals surface area contributed by atoms with Crippen LogP contribution in [-0.2, 0) is 0 Å². The van der Waals surface area contributed by atoms with Crippen LogP contribution in [-0.4, -0.2) is 49.1 Å². The molecule has 0 rings (SSSR count). The summed E-state index contributed by atoms with van der Waals surface area (Å²) in [6, 6.07) is 0. The fraction of sp³-hybridized carbons (Fsp3) is 0.919. The van der Waals surface area contributed by atoms with E-state index in [2.05, 4.69) is 49.8 Å². The summed E-state index contributed by atoms with van der Waals surface area (Å²) in [5.41, 5.74) is 4.45. The van der Waals surface area contributed by atoms with Crippen molar-refractivity contribution in [2.24, 2.45) is 0 Å². The summed E-state index contributed by atoms with van der Waals surface area (Å²) in [6.07, 6.45) is 32.4. The highest BCUT2D eigenvalue weighted by Gasteiger charge is 2.10. The van der Waals surface area contributed by atoms with Gasteiger partial charge in [0.25, 0.3) is 0 Å². The second-order valence-corrected chi connectivity index (χ2v) is 12.1. The number of hydrogen-bond donors (Lipinski definition) is 0. The largest absolute Gasteiger partial charge is 0.302 e. The van der Waals surface area contributed by atoms with Crippen molar-refractivity contribution in [1.82, 2.24) is 9.80 Å². The molecule has 0 saturated heterocycles. The summed E-state index contributed by atoms with van der Waals surface area (Å²) in [5, 5.41) is 0. The third-order valence-electron chi connectivity index (χ3n) is 8.23. The van der Waals surface area contributed by atoms with E-state index in [-0.39, 0.29) is 7.43 Å². The SMILES string of the molecule is C.C=C=C(C)CN(CCCCCCCCCCCC)CCN(CCCCCCCC)CCCCCCCCC. The normalized spacial score (nSPS) is 11.2. The van der Waals surface area contributed by atoms with E-state index in [4.69, 9.17) is 0 Å². The Balaban J connectivity index is 0. The zero-order valence-corrected chi connectivity index (χ0v) is 27.1. The Labute approximate surface area is 249 Å². The van der Waals surface area contributed by atoms with Crippen LogP contribution in [0.25, 0.3) is 0 Å². The van der Waals surface area contributed by atoms with Crippen LogP contribution in [0.2, 0.25) is 0 Å². The van der Waals surface area contributed by atoms with Crippen molar-refractivity contribution in [3.8, 4) is 0 Å². The first-order valence-electron chi connectivity index (χ1n) is 17.5. The molecule has 0 aliphatic heterocycles. The molecule has 0 saturated carbocycles. The Morgan fingerprint density at radius 2 is 0.718 bits per heavy atom. The average Bonchev–Trinajstić information content (AvgIpc) is 2.93. The van der Waals surface area contributed by atoms with Crippen molar-refractivity contribution in [3.05, 3.63) is 17.9 Å². The van der Waals surface area contributed by atoms with E-state index in [0.29, 0.717) is 0 Å². The summed E-state index contributed by atoms with van der Waals surface area (Å²) in [6.45, 7) is 20.3. The van der Waals surface area contributed by atoms with Gasteiger partial charge in [0, 0.05) is 19.6 Å². The summed E-state index contributed by atoms with van der Waals surface area (Å²) in [7, 11) is 0. The third kappa shape index (κ3) is 30.2. The standard InChI is InChI=1S/C36H72N2.CH4/c1-6-10-13-16-19-20-21-23-26-29-32-38(35-36(5)9-4)34-33-37(30-27-24-18-15-12-8-3)31-28-25-22-17-14-11-7-2;/h4,6-8,10-35H2,1-3,5H3;1H4. The Bertz CT molecular complexity index is 508. The number of rotatable bonds is 31. The van der Waals surface area contributed by atoms with Gasteiger partial charge in [0.15, 0.2) is 0 Å². The van der Waals surface area contributed by atoms with E-state index in [9.17, 15) is 0 Å². The monoisotopic (exact) mass is 549 g/mol. The smallest absolute Gasteiger partial charge is 0.0265 e. The van der Waals surface area contributed by atoms with Crippen molar-refractivity contribution in [2.75, 3.05) is 39.3 Å². The minimum absolute atomic E-state index is 0. The van der Waals surface area contributed by atoms with E-state index < -0.39 is 0 Å². The molecule has 2 heteroatoms. The Morgan fingerprint density at radius 1 is 0.436 bits per heavy atom. The fourth-order valence-corrected chi connectivity index (χ4v) is 5.51. The molecule has 0 N–H and O–H groups in total. The minimum Gasteiger partial charge on any atom is -0.302 e. The summed E-state index contributed by atoms with van der Waals surface area (Å²) in [4.78, 5) is 5.49. The number of nitrogens with zero attached hydrogens (tertiary/aromatic N) is 2. The lowest BCUT2D eigenvalue weighted by Crippen LogP contribution is -2.37. The van der Waals surface area contributed by atoms with Crippen molar-refractivity contribution >= 4 is 0 Å². The van der Waals surface area contributed by atoms with E-state index in [1.165, 1.54) is 186 Å². The maximum Gasteiger partial charge on any atom is 0.0265 e. The topological polar surface area (TPSA) is 6.48 Å². The molecule has 0 amide bonds. The van der Waals surface area contributed by atoms with Gasteiger partial charge in [-0.25, -0.2) is 0 Å². The van der Waals surface area contributed by atoms with E-state index in [1.54, 1.807) is 0 Å². The molecule has 234 valence electrons. The predicted octanol–water partition coefficient (Wildman–Crippen LogP) is 12.0. The quantitative estimate of drug-likeness (QED) is 0.0627.